The Morgan fingerprint density at radius 1 is 0.941 bits per heavy atom. The number of hydrogen-bond donors (Lipinski definition) is 0. The molecule has 34 heavy (non-hydrogen) atoms. The maximum Gasteiger partial charge on any atom is 0.142 e. The molecule has 0 spiro atoms. The number of fused-ring (bicyclic) bond motifs is 1. The van der Waals surface area contributed by atoms with Crippen LogP contribution >= 0.6 is 0 Å². The molecule has 186 valence electrons. The van der Waals surface area contributed by atoms with Crippen molar-refractivity contribution < 1.29 is 18.9 Å². The molecule has 2 heterocycles. The van der Waals surface area contributed by atoms with E-state index in [-0.39, 0.29) is 24.3 Å². The van der Waals surface area contributed by atoms with E-state index in [1.165, 1.54) is 5.56 Å². The van der Waals surface area contributed by atoms with Crippen LogP contribution in [0.1, 0.15) is 31.9 Å². The molecule has 6 heteroatoms. The Morgan fingerprint density at radius 2 is 1.62 bits per heavy atom. The molecule has 0 amide bonds. The van der Waals surface area contributed by atoms with Gasteiger partial charge in [0.25, 0.3) is 0 Å². The first kappa shape index (κ1) is 25.0. The van der Waals surface area contributed by atoms with Crippen molar-refractivity contribution in [3.8, 4) is 5.75 Å². The van der Waals surface area contributed by atoms with Crippen molar-refractivity contribution in [3.63, 3.8) is 0 Å². The molecule has 0 N–H and O–H groups in total. The van der Waals surface area contributed by atoms with Crippen molar-refractivity contribution in [3.05, 3.63) is 60.2 Å². The minimum absolute atomic E-state index is 0.0741. The van der Waals surface area contributed by atoms with Crippen molar-refractivity contribution in [2.75, 3.05) is 58.6 Å². The second-order valence-electron chi connectivity index (χ2n) is 9.77. The largest absolute Gasteiger partial charge is 0.489 e. The van der Waals surface area contributed by atoms with Gasteiger partial charge in [-0.2, -0.15) is 0 Å². The number of anilines is 1. The standard InChI is InChI=1S/C28H40N2O4/c1-21(2)14-15-33-19-23(29-17-27(31-3)28(18-29)32-4)16-30-24-12-8-9-13-26(24)34-20-25(30)22-10-6-5-7-11-22/h5-13,21,23,25,27-28H,14-20H2,1-4H3. The van der Waals surface area contributed by atoms with Gasteiger partial charge in [0.1, 0.15) is 12.4 Å². The van der Waals surface area contributed by atoms with Gasteiger partial charge < -0.3 is 23.8 Å². The fourth-order valence-corrected chi connectivity index (χ4v) is 4.98. The molecule has 2 aliphatic heterocycles. The quantitative estimate of drug-likeness (QED) is 0.456. The SMILES string of the molecule is COC1CN(C(COCCC(C)C)CN2c3ccccc3OCC2c2ccccc2)CC1OC. The lowest BCUT2D eigenvalue weighted by Gasteiger charge is -2.42. The van der Waals surface area contributed by atoms with Crippen LogP contribution in [0.15, 0.2) is 54.6 Å². The lowest BCUT2D eigenvalue weighted by molar-refractivity contribution is -0.00461. The zero-order valence-electron chi connectivity index (χ0n) is 21.1. The Labute approximate surface area is 204 Å². The number of benzene rings is 2. The predicted octanol–water partition coefficient (Wildman–Crippen LogP) is 4.40. The highest BCUT2D eigenvalue weighted by Crippen LogP contribution is 2.39. The smallest absolute Gasteiger partial charge is 0.142 e. The maximum atomic E-state index is 6.25. The first-order valence-electron chi connectivity index (χ1n) is 12.5. The number of rotatable bonds is 11. The van der Waals surface area contributed by atoms with E-state index in [1.807, 2.05) is 6.07 Å². The summed E-state index contributed by atoms with van der Waals surface area (Å²) in [4.78, 5) is 4.99. The lowest BCUT2D eigenvalue weighted by atomic mass is 10.0. The third kappa shape index (κ3) is 5.92. The zero-order valence-corrected chi connectivity index (χ0v) is 21.1. The normalized spacial score (nSPS) is 23.7. The van der Waals surface area contributed by atoms with E-state index < -0.39 is 0 Å². The van der Waals surface area contributed by atoms with E-state index in [1.54, 1.807) is 14.2 Å². The van der Waals surface area contributed by atoms with E-state index in [0.29, 0.717) is 19.1 Å². The molecule has 2 aromatic carbocycles. The summed E-state index contributed by atoms with van der Waals surface area (Å²) in [6.07, 6.45) is 1.22. The van der Waals surface area contributed by atoms with Crippen LogP contribution in [0.3, 0.4) is 0 Å². The van der Waals surface area contributed by atoms with E-state index >= 15 is 0 Å². The van der Waals surface area contributed by atoms with Crippen molar-refractivity contribution in [2.24, 2.45) is 5.92 Å². The summed E-state index contributed by atoms with van der Waals surface area (Å²) in [6.45, 7) is 9.10. The van der Waals surface area contributed by atoms with Crippen LogP contribution in [0.25, 0.3) is 0 Å². The number of likely N-dealkylation sites (tertiary alicyclic amines) is 1. The average Bonchev–Trinajstić information content (AvgIpc) is 3.29. The number of ether oxygens (including phenoxy) is 4. The molecule has 0 bridgehead atoms. The highest BCUT2D eigenvalue weighted by molar-refractivity contribution is 5.61. The Bertz CT molecular complexity index is 866. The minimum Gasteiger partial charge on any atom is -0.489 e. The summed E-state index contributed by atoms with van der Waals surface area (Å²) in [5.41, 5.74) is 2.41. The van der Waals surface area contributed by atoms with E-state index in [4.69, 9.17) is 18.9 Å². The first-order valence-corrected chi connectivity index (χ1v) is 12.5. The molecule has 1 fully saturated rings. The highest BCUT2D eigenvalue weighted by Gasteiger charge is 2.39. The summed E-state index contributed by atoms with van der Waals surface area (Å²) in [6, 6.07) is 19.4. The van der Waals surface area contributed by atoms with E-state index in [2.05, 4.69) is 72.2 Å². The number of nitrogens with zero attached hydrogens (tertiary/aromatic N) is 2. The Morgan fingerprint density at radius 3 is 2.29 bits per heavy atom. The van der Waals surface area contributed by atoms with Crippen LogP contribution in [0.5, 0.6) is 5.75 Å². The van der Waals surface area contributed by atoms with Gasteiger partial charge in [-0.15, -0.1) is 0 Å². The third-order valence-electron chi connectivity index (χ3n) is 7.05. The Hall–Kier alpha value is -2.12. The molecule has 0 aromatic heterocycles. The number of methoxy groups -OCH3 is 2. The van der Waals surface area contributed by atoms with Gasteiger partial charge in [-0.1, -0.05) is 56.3 Å². The first-order chi connectivity index (χ1) is 16.6. The van der Waals surface area contributed by atoms with Crippen LogP contribution < -0.4 is 9.64 Å². The summed E-state index contributed by atoms with van der Waals surface area (Å²) in [7, 11) is 3.55. The second kappa shape index (κ2) is 12.0. The molecular weight excluding hydrogens is 428 g/mol. The second-order valence-corrected chi connectivity index (χ2v) is 9.77. The molecule has 0 saturated carbocycles. The van der Waals surface area contributed by atoms with Gasteiger partial charge in [-0.05, 0) is 30.0 Å². The summed E-state index contributed by atoms with van der Waals surface area (Å²) in [5.74, 6) is 1.58. The third-order valence-corrected chi connectivity index (χ3v) is 7.05. The minimum atomic E-state index is 0.0741. The van der Waals surface area contributed by atoms with E-state index in [0.717, 1.165) is 44.1 Å². The highest BCUT2D eigenvalue weighted by atomic mass is 16.5. The van der Waals surface area contributed by atoms with Gasteiger partial charge in [-0.25, -0.2) is 0 Å². The number of para-hydroxylation sites is 2. The molecule has 0 radical (unpaired) electrons. The molecule has 6 nitrogen and oxygen atoms in total. The van der Waals surface area contributed by atoms with E-state index in [9.17, 15) is 0 Å². The number of hydrogen-bond acceptors (Lipinski definition) is 6. The average molecular weight is 469 g/mol. The summed E-state index contributed by atoms with van der Waals surface area (Å²) >= 11 is 0. The fraction of sp³-hybridized carbons (Fsp3) is 0.571. The molecule has 4 rings (SSSR count). The van der Waals surface area contributed by atoms with Crippen molar-refractivity contribution >= 4 is 5.69 Å². The van der Waals surface area contributed by atoms with Crippen LogP contribution in [0.2, 0.25) is 0 Å². The Balaban J connectivity index is 1.59. The monoisotopic (exact) mass is 468 g/mol. The summed E-state index contributed by atoms with van der Waals surface area (Å²) in [5, 5.41) is 0. The molecule has 4 atom stereocenters. The van der Waals surface area contributed by atoms with Crippen LogP contribution in [-0.4, -0.2) is 76.8 Å². The van der Waals surface area contributed by atoms with Crippen molar-refractivity contribution in [2.45, 2.75) is 44.6 Å². The van der Waals surface area contributed by atoms with Gasteiger partial charge in [0.15, 0.2) is 0 Å². The lowest BCUT2D eigenvalue weighted by Crippen LogP contribution is -2.49. The molecular formula is C28H40N2O4. The van der Waals surface area contributed by atoms with Crippen molar-refractivity contribution in [1.29, 1.82) is 0 Å². The molecule has 4 unspecified atom stereocenters. The van der Waals surface area contributed by atoms with Gasteiger partial charge in [0, 0.05) is 40.5 Å². The van der Waals surface area contributed by atoms with Crippen LogP contribution in [0, 0.1) is 5.92 Å². The molecule has 1 saturated heterocycles. The molecule has 2 aliphatic rings. The van der Waals surface area contributed by atoms with Gasteiger partial charge in [0.2, 0.25) is 0 Å². The molecule has 2 aromatic rings. The van der Waals surface area contributed by atoms with Crippen LogP contribution in [-0.2, 0) is 14.2 Å². The topological polar surface area (TPSA) is 43.4 Å². The maximum absolute atomic E-state index is 6.25. The van der Waals surface area contributed by atoms with Crippen LogP contribution in [0.4, 0.5) is 5.69 Å². The van der Waals surface area contributed by atoms with Crippen molar-refractivity contribution in [1.82, 2.24) is 4.90 Å². The van der Waals surface area contributed by atoms with Gasteiger partial charge >= 0.3 is 0 Å². The molecule has 0 aliphatic carbocycles. The van der Waals surface area contributed by atoms with Gasteiger partial charge in [-0.3, -0.25) is 4.90 Å². The zero-order chi connectivity index (χ0) is 23.9. The summed E-state index contributed by atoms with van der Waals surface area (Å²) < 4.78 is 23.9. The fourth-order valence-electron chi connectivity index (χ4n) is 4.98. The Kier molecular flexibility index (Phi) is 8.84. The van der Waals surface area contributed by atoms with Gasteiger partial charge in [0.05, 0.1) is 36.6 Å². The predicted molar refractivity (Wildman–Crippen MR) is 136 cm³/mol.